The Bertz CT molecular complexity index is 288. The zero-order chi connectivity index (χ0) is 8.97. The standard InChI is InChI=1S/C8H9IN2O/c1-6-3-2-4-7(11-6)8(12)10-5-9/h2-4H,5H2,1H3,(H,10,12). The number of hydrogen-bond donors (Lipinski definition) is 1. The lowest BCUT2D eigenvalue weighted by atomic mass is 10.3. The van der Waals surface area contributed by atoms with E-state index in [1.165, 1.54) is 0 Å². The smallest absolute Gasteiger partial charge is 0.270 e. The molecule has 0 radical (unpaired) electrons. The second kappa shape index (κ2) is 4.39. The number of halogens is 1. The van der Waals surface area contributed by atoms with Gasteiger partial charge in [0.25, 0.3) is 5.91 Å². The zero-order valence-corrected chi connectivity index (χ0v) is 8.83. The van der Waals surface area contributed by atoms with Crippen LogP contribution in [0.25, 0.3) is 0 Å². The van der Waals surface area contributed by atoms with Crippen LogP contribution in [0.1, 0.15) is 16.2 Å². The van der Waals surface area contributed by atoms with Crippen LogP contribution in [0.15, 0.2) is 18.2 Å². The Hall–Kier alpha value is -0.650. The minimum Gasteiger partial charge on any atom is -0.342 e. The molecular weight excluding hydrogens is 267 g/mol. The molecule has 1 amide bonds. The van der Waals surface area contributed by atoms with Gasteiger partial charge in [-0.05, 0) is 19.1 Å². The molecule has 64 valence electrons. The first-order chi connectivity index (χ1) is 5.74. The van der Waals surface area contributed by atoms with Crippen LogP contribution in [0.5, 0.6) is 0 Å². The van der Waals surface area contributed by atoms with Gasteiger partial charge < -0.3 is 5.32 Å². The van der Waals surface area contributed by atoms with Crippen LogP contribution < -0.4 is 5.32 Å². The van der Waals surface area contributed by atoms with E-state index in [0.717, 1.165) is 5.69 Å². The number of aryl methyl sites for hydroxylation is 1. The van der Waals surface area contributed by atoms with Gasteiger partial charge in [-0.3, -0.25) is 4.79 Å². The van der Waals surface area contributed by atoms with E-state index in [1.54, 1.807) is 6.07 Å². The monoisotopic (exact) mass is 276 g/mol. The molecule has 12 heavy (non-hydrogen) atoms. The van der Waals surface area contributed by atoms with Gasteiger partial charge in [0.05, 0.1) is 4.55 Å². The number of nitrogens with zero attached hydrogens (tertiary/aromatic N) is 1. The van der Waals surface area contributed by atoms with E-state index in [2.05, 4.69) is 32.9 Å². The Morgan fingerprint density at radius 2 is 2.42 bits per heavy atom. The van der Waals surface area contributed by atoms with Crippen LogP contribution in [0.4, 0.5) is 0 Å². The number of rotatable bonds is 2. The lowest BCUT2D eigenvalue weighted by molar-refractivity contribution is 0.0957. The number of hydrogen-bond acceptors (Lipinski definition) is 2. The molecule has 0 saturated carbocycles. The van der Waals surface area contributed by atoms with E-state index in [9.17, 15) is 4.79 Å². The van der Waals surface area contributed by atoms with E-state index in [1.807, 2.05) is 19.1 Å². The first kappa shape index (κ1) is 9.44. The molecule has 0 aromatic carbocycles. The summed E-state index contributed by atoms with van der Waals surface area (Å²) >= 11 is 2.08. The second-order valence-electron chi connectivity index (χ2n) is 2.30. The van der Waals surface area contributed by atoms with Gasteiger partial charge in [-0.25, -0.2) is 4.98 Å². The Balaban J connectivity index is 2.81. The fraction of sp³-hybridized carbons (Fsp3) is 0.250. The minimum atomic E-state index is -0.117. The summed E-state index contributed by atoms with van der Waals surface area (Å²) in [7, 11) is 0. The van der Waals surface area contributed by atoms with Crippen LogP contribution in [-0.2, 0) is 0 Å². The molecular formula is C8H9IN2O. The maximum Gasteiger partial charge on any atom is 0.270 e. The minimum absolute atomic E-state index is 0.117. The average Bonchev–Trinajstić information content (AvgIpc) is 2.05. The summed E-state index contributed by atoms with van der Waals surface area (Å²) in [6.07, 6.45) is 0. The molecule has 0 fully saturated rings. The van der Waals surface area contributed by atoms with Crippen LogP contribution in [0.2, 0.25) is 0 Å². The van der Waals surface area contributed by atoms with Gasteiger partial charge >= 0.3 is 0 Å². The highest BCUT2D eigenvalue weighted by atomic mass is 127. The van der Waals surface area contributed by atoms with Crippen LogP contribution in [-0.4, -0.2) is 15.4 Å². The molecule has 0 aliphatic heterocycles. The molecule has 1 N–H and O–H groups in total. The molecule has 0 atom stereocenters. The van der Waals surface area contributed by atoms with Crippen molar-refractivity contribution in [1.82, 2.24) is 10.3 Å². The first-order valence-corrected chi connectivity index (χ1v) is 5.04. The van der Waals surface area contributed by atoms with Crippen molar-refractivity contribution in [1.29, 1.82) is 0 Å². The van der Waals surface area contributed by atoms with Crippen molar-refractivity contribution in [3.8, 4) is 0 Å². The third-order valence-electron chi connectivity index (χ3n) is 1.35. The molecule has 4 heteroatoms. The Morgan fingerprint density at radius 1 is 1.67 bits per heavy atom. The molecule has 1 heterocycles. The highest BCUT2D eigenvalue weighted by Gasteiger charge is 2.04. The summed E-state index contributed by atoms with van der Waals surface area (Å²) in [6, 6.07) is 5.39. The third-order valence-corrected chi connectivity index (χ3v) is 1.73. The molecule has 0 spiro atoms. The summed E-state index contributed by atoms with van der Waals surface area (Å²) < 4.78 is 0.603. The highest BCUT2D eigenvalue weighted by molar-refractivity contribution is 14.1. The number of pyridine rings is 1. The fourth-order valence-electron chi connectivity index (χ4n) is 0.821. The van der Waals surface area contributed by atoms with Crippen molar-refractivity contribution in [3.05, 3.63) is 29.6 Å². The van der Waals surface area contributed by atoms with E-state index in [4.69, 9.17) is 0 Å². The van der Waals surface area contributed by atoms with E-state index < -0.39 is 0 Å². The molecule has 1 rings (SSSR count). The van der Waals surface area contributed by atoms with Crippen molar-refractivity contribution in [2.45, 2.75) is 6.92 Å². The summed E-state index contributed by atoms with van der Waals surface area (Å²) in [6.45, 7) is 1.86. The summed E-state index contributed by atoms with van der Waals surface area (Å²) in [4.78, 5) is 15.3. The summed E-state index contributed by atoms with van der Waals surface area (Å²) in [5.41, 5.74) is 1.34. The van der Waals surface area contributed by atoms with Gasteiger partial charge in [-0.15, -0.1) is 0 Å². The number of amides is 1. The van der Waals surface area contributed by atoms with Crippen molar-refractivity contribution in [3.63, 3.8) is 0 Å². The number of carbonyl (C=O) groups is 1. The van der Waals surface area contributed by atoms with Gasteiger partial charge in [0.1, 0.15) is 5.69 Å². The molecule has 0 aliphatic rings. The first-order valence-electron chi connectivity index (χ1n) is 3.52. The number of alkyl halides is 1. The van der Waals surface area contributed by atoms with E-state index in [0.29, 0.717) is 10.2 Å². The Labute approximate surface area is 84.7 Å². The topological polar surface area (TPSA) is 42.0 Å². The number of nitrogens with one attached hydrogen (secondary N) is 1. The van der Waals surface area contributed by atoms with Gasteiger partial charge in [-0.1, -0.05) is 28.7 Å². The maximum absolute atomic E-state index is 11.2. The van der Waals surface area contributed by atoms with Crippen LogP contribution >= 0.6 is 22.6 Å². The second-order valence-corrected chi connectivity index (χ2v) is 3.07. The average molecular weight is 276 g/mol. The fourth-order valence-corrected chi connectivity index (χ4v) is 1.17. The van der Waals surface area contributed by atoms with E-state index >= 15 is 0 Å². The van der Waals surface area contributed by atoms with Crippen molar-refractivity contribution >= 4 is 28.5 Å². The summed E-state index contributed by atoms with van der Waals surface area (Å²) in [5.74, 6) is -0.117. The quantitative estimate of drug-likeness (QED) is 0.505. The normalized spacial score (nSPS) is 9.50. The van der Waals surface area contributed by atoms with Crippen molar-refractivity contribution < 1.29 is 4.79 Å². The van der Waals surface area contributed by atoms with Gasteiger partial charge in [0.15, 0.2) is 0 Å². The molecule has 0 unspecified atom stereocenters. The molecule has 0 saturated heterocycles. The summed E-state index contributed by atoms with van der Waals surface area (Å²) in [5, 5.41) is 2.67. The zero-order valence-electron chi connectivity index (χ0n) is 6.67. The lowest BCUT2D eigenvalue weighted by Crippen LogP contribution is -2.22. The largest absolute Gasteiger partial charge is 0.342 e. The van der Waals surface area contributed by atoms with E-state index in [-0.39, 0.29) is 5.91 Å². The molecule has 1 aromatic rings. The Kier molecular flexibility index (Phi) is 3.46. The van der Waals surface area contributed by atoms with Crippen molar-refractivity contribution in [2.75, 3.05) is 4.55 Å². The highest BCUT2D eigenvalue weighted by Crippen LogP contribution is 1.97. The van der Waals surface area contributed by atoms with Crippen LogP contribution in [0.3, 0.4) is 0 Å². The van der Waals surface area contributed by atoms with Crippen molar-refractivity contribution in [2.24, 2.45) is 0 Å². The number of aromatic nitrogens is 1. The van der Waals surface area contributed by atoms with Gasteiger partial charge in [0.2, 0.25) is 0 Å². The van der Waals surface area contributed by atoms with Crippen LogP contribution in [0, 0.1) is 6.92 Å². The Morgan fingerprint density at radius 3 is 3.00 bits per heavy atom. The molecule has 1 aromatic heterocycles. The number of carbonyl (C=O) groups excluding carboxylic acids is 1. The predicted octanol–water partition coefficient (Wildman–Crippen LogP) is 1.51. The third kappa shape index (κ3) is 2.44. The molecule has 0 aliphatic carbocycles. The predicted molar refractivity (Wildman–Crippen MR) is 55.3 cm³/mol. The lowest BCUT2D eigenvalue weighted by Gasteiger charge is -2.00. The van der Waals surface area contributed by atoms with Gasteiger partial charge in [-0.2, -0.15) is 0 Å². The molecule has 3 nitrogen and oxygen atoms in total. The SMILES string of the molecule is Cc1cccc(C(=O)NCI)n1. The molecule has 0 bridgehead atoms. The maximum atomic E-state index is 11.2. The van der Waals surface area contributed by atoms with Gasteiger partial charge in [0, 0.05) is 5.69 Å².